The van der Waals surface area contributed by atoms with Crippen molar-refractivity contribution in [1.82, 2.24) is 14.8 Å². The third-order valence-electron chi connectivity index (χ3n) is 3.44. The van der Waals surface area contributed by atoms with Gasteiger partial charge in [0.25, 0.3) is 0 Å². The van der Waals surface area contributed by atoms with E-state index in [-0.39, 0.29) is 18.0 Å². The highest BCUT2D eigenvalue weighted by atomic mass is 19.1. The van der Waals surface area contributed by atoms with Gasteiger partial charge in [0.05, 0.1) is 23.6 Å². The van der Waals surface area contributed by atoms with Crippen molar-refractivity contribution < 1.29 is 13.6 Å². The molecule has 6 nitrogen and oxygen atoms in total. The Morgan fingerprint density at radius 3 is 2.60 bits per heavy atom. The number of nitrogens with zero attached hydrogens (tertiary/aromatic N) is 3. The Morgan fingerprint density at radius 2 is 1.88 bits per heavy atom. The van der Waals surface area contributed by atoms with Gasteiger partial charge in [-0.3, -0.25) is 9.48 Å². The van der Waals surface area contributed by atoms with Crippen LogP contribution >= 0.6 is 0 Å². The van der Waals surface area contributed by atoms with Gasteiger partial charge >= 0.3 is 0 Å². The van der Waals surface area contributed by atoms with Crippen LogP contribution in [-0.2, 0) is 11.3 Å². The molecule has 0 aliphatic rings. The van der Waals surface area contributed by atoms with Gasteiger partial charge in [-0.05, 0) is 24.3 Å². The Kier molecular flexibility index (Phi) is 4.98. The van der Waals surface area contributed by atoms with Crippen molar-refractivity contribution in [2.45, 2.75) is 13.0 Å². The molecule has 1 amide bonds. The number of carbonyl (C=O) groups excluding carboxylic acids is 1. The molecule has 2 N–H and O–H groups in total. The van der Waals surface area contributed by atoms with E-state index < -0.39 is 11.6 Å². The quantitative estimate of drug-likeness (QED) is 0.720. The zero-order valence-corrected chi connectivity index (χ0v) is 13.1. The molecule has 3 aromatic rings. The van der Waals surface area contributed by atoms with Gasteiger partial charge in [-0.1, -0.05) is 12.1 Å². The number of para-hydroxylation sites is 2. The van der Waals surface area contributed by atoms with Gasteiger partial charge in [-0.2, -0.15) is 5.10 Å². The van der Waals surface area contributed by atoms with Crippen LogP contribution in [-0.4, -0.2) is 20.7 Å². The van der Waals surface area contributed by atoms with Crippen molar-refractivity contribution in [2.75, 3.05) is 10.6 Å². The first-order chi connectivity index (χ1) is 12.1. The number of anilines is 3. The predicted octanol–water partition coefficient (Wildman–Crippen LogP) is 3.33. The minimum Gasteiger partial charge on any atom is -0.351 e. The second kappa shape index (κ2) is 7.52. The predicted molar refractivity (Wildman–Crippen MR) is 89.4 cm³/mol. The number of aromatic nitrogens is 3. The van der Waals surface area contributed by atoms with E-state index in [1.54, 1.807) is 28.9 Å². The molecule has 0 spiro atoms. The fourth-order valence-corrected chi connectivity index (χ4v) is 2.21. The monoisotopic (exact) mass is 343 g/mol. The van der Waals surface area contributed by atoms with Crippen molar-refractivity contribution >= 4 is 23.0 Å². The van der Waals surface area contributed by atoms with Crippen LogP contribution in [0.1, 0.15) is 6.42 Å². The van der Waals surface area contributed by atoms with Gasteiger partial charge in [0.2, 0.25) is 5.91 Å². The highest BCUT2D eigenvalue weighted by molar-refractivity contribution is 5.94. The van der Waals surface area contributed by atoms with Gasteiger partial charge in [0.15, 0.2) is 0 Å². The number of halogens is 2. The van der Waals surface area contributed by atoms with E-state index in [0.717, 1.165) is 12.1 Å². The number of aryl methyl sites for hydroxylation is 1. The second-order valence-corrected chi connectivity index (χ2v) is 5.25. The van der Waals surface area contributed by atoms with Gasteiger partial charge in [-0.15, -0.1) is 0 Å². The van der Waals surface area contributed by atoms with Crippen LogP contribution in [0.15, 0.2) is 55.1 Å². The Balaban J connectivity index is 1.69. The topological polar surface area (TPSA) is 71.8 Å². The number of rotatable bonds is 6. The third-order valence-corrected chi connectivity index (χ3v) is 3.44. The van der Waals surface area contributed by atoms with E-state index in [4.69, 9.17) is 0 Å². The lowest BCUT2D eigenvalue weighted by Gasteiger charge is -2.13. The van der Waals surface area contributed by atoms with Crippen LogP contribution < -0.4 is 10.6 Å². The largest absolute Gasteiger partial charge is 0.351 e. The summed E-state index contributed by atoms with van der Waals surface area (Å²) >= 11 is 0. The average molecular weight is 343 g/mol. The average Bonchev–Trinajstić information content (AvgIpc) is 3.11. The molecule has 0 unspecified atom stereocenters. The fourth-order valence-electron chi connectivity index (χ4n) is 2.21. The number of nitrogens with one attached hydrogen (secondary N) is 2. The summed E-state index contributed by atoms with van der Waals surface area (Å²) < 4.78 is 28.4. The highest BCUT2D eigenvalue weighted by Crippen LogP contribution is 2.27. The number of hydrogen-bond acceptors (Lipinski definition) is 4. The molecule has 0 atom stereocenters. The van der Waals surface area contributed by atoms with E-state index in [1.165, 1.54) is 18.7 Å². The van der Waals surface area contributed by atoms with Gasteiger partial charge < -0.3 is 10.6 Å². The fraction of sp³-hybridized carbons (Fsp3) is 0.118. The maximum absolute atomic E-state index is 13.8. The van der Waals surface area contributed by atoms with Crippen molar-refractivity contribution in [2.24, 2.45) is 0 Å². The summed E-state index contributed by atoms with van der Waals surface area (Å²) in [4.78, 5) is 15.9. The van der Waals surface area contributed by atoms with Crippen LogP contribution in [0.5, 0.6) is 0 Å². The minimum atomic E-state index is -0.715. The third kappa shape index (κ3) is 4.37. The summed E-state index contributed by atoms with van der Waals surface area (Å²) in [5.74, 6) is -1.59. The van der Waals surface area contributed by atoms with Gasteiger partial charge in [0, 0.05) is 12.5 Å². The highest BCUT2D eigenvalue weighted by Gasteiger charge is 2.10. The number of amides is 1. The van der Waals surface area contributed by atoms with Crippen molar-refractivity contribution in [3.63, 3.8) is 0 Å². The Labute approximate surface area is 142 Å². The summed E-state index contributed by atoms with van der Waals surface area (Å²) in [6.45, 7) is 0.397. The number of carbonyl (C=O) groups is 1. The van der Waals surface area contributed by atoms with Crippen LogP contribution in [0.25, 0.3) is 0 Å². The molecule has 0 saturated heterocycles. The van der Waals surface area contributed by atoms with Crippen LogP contribution in [0.3, 0.4) is 0 Å². The Bertz CT molecular complexity index is 867. The molecule has 0 fully saturated rings. The van der Waals surface area contributed by atoms with Crippen LogP contribution in [0.4, 0.5) is 25.8 Å². The molecule has 0 aliphatic carbocycles. The summed E-state index contributed by atoms with van der Waals surface area (Å²) in [5.41, 5.74) is 1.11. The number of benzene rings is 2. The standard InChI is InChI=1S/C17H15F2N5O/c18-12-5-6-14(13(19)9-12)22-15-3-1-2-4-16(15)23-17(25)7-8-24-11-20-10-21-24/h1-6,9-11,22H,7-8H2,(H,23,25). The van der Waals surface area contributed by atoms with Crippen molar-refractivity contribution in [3.8, 4) is 0 Å². The molecule has 0 radical (unpaired) electrons. The first-order valence-corrected chi connectivity index (χ1v) is 7.55. The van der Waals surface area contributed by atoms with E-state index in [9.17, 15) is 13.6 Å². The summed E-state index contributed by atoms with van der Waals surface area (Å²) in [7, 11) is 0. The molecule has 1 heterocycles. The Morgan fingerprint density at radius 1 is 1.08 bits per heavy atom. The minimum absolute atomic E-state index is 0.116. The van der Waals surface area contributed by atoms with Gasteiger partial charge in [0.1, 0.15) is 24.3 Å². The van der Waals surface area contributed by atoms with Crippen LogP contribution in [0, 0.1) is 11.6 Å². The molecule has 1 aromatic heterocycles. The lowest BCUT2D eigenvalue weighted by Crippen LogP contribution is -2.15. The molecule has 25 heavy (non-hydrogen) atoms. The van der Waals surface area contributed by atoms with Gasteiger partial charge in [-0.25, -0.2) is 13.8 Å². The maximum atomic E-state index is 13.8. The van der Waals surface area contributed by atoms with E-state index >= 15 is 0 Å². The van der Waals surface area contributed by atoms with E-state index in [0.29, 0.717) is 17.9 Å². The van der Waals surface area contributed by atoms with E-state index in [2.05, 4.69) is 20.7 Å². The number of hydrogen-bond donors (Lipinski definition) is 2. The molecule has 0 saturated carbocycles. The molecule has 0 bridgehead atoms. The maximum Gasteiger partial charge on any atom is 0.226 e. The first kappa shape index (κ1) is 16.6. The summed E-state index contributed by atoms with van der Waals surface area (Å²) in [6.07, 6.45) is 3.14. The molecule has 3 rings (SSSR count). The zero-order valence-electron chi connectivity index (χ0n) is 13.1. The molecule has 8 heteroatoms. The summed E-state index contributed by atoms with van der Waals surface area (Å²) in [5, 5.41) is 9.55. The van der Waals surface area contributed by atoms with Crippen molar-refractivity contribution in [1.29, 1.82) is 0 Å². The lowest BCUT2D eigenvalue weighted by molar-refractivity contribution is -0.116. The Hall–Kier alpha value is -3.29. The molecular weight excluding hydrogens is 328 g/mol. The second-order valence-electron chi connectivity index (χ2n) is 5.25. The molecule has 0 aliphatic heterocycles. The van der Waals surface area contributed by atoms with Crippen LogP contribution in [0.2, 0.25) is 0 Å². The lowest BCUT2D eigenvalue weighted by atomic mass is 10.2. The van der Waals surface area contributed by atoms with Crippen molar-refractivity contribution in [3.05, 3.63) is 66.8 Å². The summed E-state index contributed by atoms with van der Waals surface area (Å²) in [6, 6.07) is 10.1. The first-order valence-electron chi connectivity index (χ1n) is 7.55. The smallest absolute Gasteiger partial charge is 0.226 e. The zero-order chi connectivity index (χ0) is 17.6. The SMILES string of the molecule is O=C(CCn1cncn1)Nc1ccccc1Nc1ccc(F)cc1F. The van der Waals surface area contributed by atoms with E-state index in [1.807, 2.05) is 0 Å². The molecule has 128 valence electrons. The molecule has 2 aromatic carbocycles. The normalized spacial score (nSPS) is 10.5. The molecular formula is C17H15F2N5O.